The van der Waals surface area contributed by atoms with Gasteiger partial charge in [-0.15, -0.1) is 0 Å². The molecule has 1 amide bonds. The zero-order valence-corrected chi connectivity index (χ0v) is 13.8. The summed E-state index contributed by atoms with van der Waals surface area (Å²) < 4.78 is 5.20. The van der Waals surface area contributed by atoms with Crippen LogP contribution in [0.15, 0.2) is 24.3 Å². The Labute approximate surface area is 132 Å². The third kappa shape index (κ3) is 2.60. The van der Waals surface area contributed by atoms with E-state index >= 15 is 0 Å². The summed E-state index contributed by atoms with van der Waals surface area (Å²) >= 11 is 0. The molecule has 0 saturated carbocycles. The number of nitrogens with zero attached hydrogens (tertiary/aromatic N) is 1. The predicted octanol–water partition coefficient (Wildman–Crippen LogP) is 2.18. The third-order valence-corrected chi connectivity index (χ3v) is 5.40. The average Bonchev–Trinajstić information content (AvgIpc) is 3.17. The summed E-state index contributed by atoms with van der Waals surface area (Å²) in [6, 6.07) is 7.85. The summed E-state index contributed by atoms with van der Waals surface area (Å²) in [5, 5.41) is 3.45. The van der Waals surface area contributed by atoms with Crippen molar-refractivity contribution >= 4 is 5.91 Å². The van der Waals surface area contributed by atoms with Gasteiger partial charge in [0.2, 0.25) is 5.91 Å². The number of carbonyl (C=O) groups is 1. The van der Waals surface area contributed by atoms with Crippen molar-refractivity contribution in [3.8, 4) is 5.75 Å². The molecule has 2 heterocycles. The van der Waals surface area contributed by atoms with Crippen LogP contribution in [0.1, 0.15) is 32.3 Å². The molecule has 4 heteroatoms. The molecular formula is C18H26N2O2. The third-order valence-electron chi connectivity index (χ3n) is 5.40. The minimum atomic E-state index is -0.496. The molecule has 2 aliphatic heterocycles. The molecule has 1 spiro atoms. The summed E-state index contributed by atoms with van der Waals surface area (Å²) in [6.45, 7) is 7.98. The molecule has 0 aliphatic carbocycles. The van der Waals surface area contributed by atoms with E-state index < -0.39 is 5.41 Å². The second kappa shape index (κ2) is 5.58. The summed E-state index contributed by atoms with van der Waals surface area (Å²) in [7, 11) is 1.66. The molecule has 1 aromatic rings. The lowest BCUT2D eigenvalue weighted by Gasteiger charge is -2.31. The van der Waals surface area contributed by atoms with Gasteiger partial charge < -0.3 is 15.0 Å². The van der Waals surface area contributed by atoms with Gasteiger partial charge in [0.25, 0.3) is 0 Å². The Kier molecular flexibility index (Phi) is 3.89. The van der Waals surface area contributed by atoms with E-state index in [0.717, 1.165) is 43.9 Å². The fourth-order valence-electron chi connectivity index (χ4n) is 3.78. The van der Waals surface area contributed by atoms with Crippen LogP contribution in [-0.4, -0.2) is 44.1 Å². The first-order valence-corrected chi connectivity index (χ1v) is 8.12. The zero-order valence-electron chi connectivity index (χ0n) is 13.8. The van der Waals surface area contributed by atoms with Gasteiger partial charge in [-0.3, -0.25) is 4.79 Å². The molecule has 1 N–H and O–H groups in total. The van der Waals surface area contributed by atoms with Gasteiger partial charge in [-0.05, 0) is 50.9 Å². The first kappa shape index (κ1) is 15.3. The Morgan fingerprint density at radius 2 is 2.00 bits per heavy atom. The van der Waals surface area contributed by atoms with Gasteiger partial charge in [0.05, 0.1) is 12.5 Å². The Morgan fingerprint density at radius 3 is 2.59 bits per heavy atom. The Morgan fingerprint density at radius 1 is 1.27 bits per heavy atom. The first-order valence-electron chi connectivity index (χ1n) is 8.12. The number of hydrogen-bond donors (Lipinski definition) is 1. The normalized spacial score (nSPS) is 25.0. The summed E-state index contributed by atoms with van der Waals surface area (Å²) in [5.41, 5.74) is 0.874. The highest BCUT2D eigenvalue weighted by atomic mass is 16.5. The molecule has 1 atom stereocenters. The van der Waals surface area contributed by atoms with Crippen LogP contribution in [0.2, 0.25) is 0 Å². The van der Waals surface area contributed by atoms with Gasteiger partial charge in [0.15, 0.2) is 0 Å². The summed E-state index contributed by atoms with van der Waals surface area (Å²) in [5.74, 6) is 1.06. The van der Waals surface area contributed by atoms with Crippen LogP contribution in [0.5, 0.6) is 5.75 Å². The number of hydrogen-bond acceptors (Lipinski definition) is 3. The fraction of sp³-hybridized carbons (Fsp3) is 0.611. The molecule has 0 bridgehead atoms. The van der Waals surface area contributed by atoms with Crippen LogP contribution in [0.3, 0.4) is 0 Å². The maximum atomic E-state index is 13.0. The van der Waals surface area contributed by atoms with Crippen LogP contribution in [0.25, 0.3) is 0 Å². The van der Waals surface area contributed by atoms with Crippen molar-refractivity contribution in [2.75, 3.05) is 33.3 Å². The molecule has 120 valence electrons. The average molecular weight is 302 g/mol. The highest BCUT2D eigenvalue weighted by Gasteiger charge is 2.45. The molecule has 2 saturated heterocycles. The van der Waals surface area contributed by atoms with Gasteiger partial charge in [0.1, 0.15) is 5.75 Å². The van der Waals surface area contributed by atoms with E-state index in [9.17, 15) is 4.79 Å². The summed E-state index contributed by atoms with van der Waals surface area (Å²) in [4.78, 5) is 15.1. The lowest BCUT2D eigenvalue weighted by Crippen LogP contribution is -2.43. The minimum absolute atomic E-state index is 0.237. The molecule has 2 fully saturated rings. The van der Waals surface area contributed by atoms with Crippen molar-refractivity contribution in [1.82, 2.24) is 10.2 Å². The number of benzene rings is 1. The molecule has 0 radical (unpaired) electrons. The lowest BCUT2D eigenvalue weighted by molar-refractivity contribution is -0.135. The quantitative estimate of drug-likeness (QED) is 0.930. The number of rotatable bonds is 3. The molecule has 4 nitrogen and oxygen atoms in total. The minimum Gasteiger partial charge on any atom is -0.497 e. The highest BCUT2D eigenvalue weighted by Crippen LogP contribution is 2.38. The SMILES string of the molecule is COc1ccc(C(C)(C)C(=O)N2CCC3(CCNC3)C2)cc1. The number of carbonyl (C=O) groups excluding carboxylic acids is 1. The number of ether oxygens (including phenoxy) is 1. The fourth-order valence-corrected chi connectivity index (χ4v) is 3.78. The van der Waals surface area contributed by atoms with E-state index in [1.807, 2.05) is 38.1 Å². The molecule has 0 aromatic heterocycles. The van der Waals surface area contributed by atoms with Crippen molar-refractivity contribution in [2.45, 2.75) is 32.1 Å². The predicted molar refractivity (Wildman–Crippen MR) is 87.1 cm³/mol. The Bertz CT molecular complexity index is 545. The van der Waals surface area contributed by atoms with Gasteiger partial charge >= 0.3 is 0 Å². The maximum absolute atomic E-state index is 13.0. The molecule has 1 unspecified atom stereocenters. The van der Waals surface area contributed by atoms with Crippen LogP contribution in [0, 0.1) is 5.41 Å². The van der Waals surface area contributed by atoms with Crippen LogP contribution >= 0.6 is 0 Å². The molecule has 1 aromatic carbocycles. The van der Waals surface area contributed by atoms with E-state index in [4.69, 9.17) is 4.74 Å². The van der Waals surface area contributed by atoms with Crippen molar-refractivity contribution in [3.05, 3.63) is 29.8 Å². The van der Waals surface area contributed by atoms with Crippen molar-refractivity contribution in [2.24, 2.45) is 5.41 Å². The van der Waals surface area contributed by atoms with Crippen LogP contribution < -0.4 is 10.1 Å². The van der Waals surface area contributed by atoms with Crippen LogP contribution in [-0.2, 0) is 10.2 Å². The Balaban J connectivity index is 1.75. The number of likely N-dealkylation sites (tertiary alicyclic amines) is 1. The topological polar surface area (TPSA) is 41.6 Å². The maximum Gasteiger partial charge on any atom is 0.232 e. The van der Waals surface area contributed by atoms with Gasteiger partial charge in [-0.2, -0.15) is 0 Å². The van der Waals surface area contributed by atoms with Gasteiger partial charge in [-0.25, -0.2) is 0 Å². The molecule has 3 rings (SSSR count). The van der Waals surface area contributed by atoms with E-state index in [0.29, 0.717) is 5.41 Å². The smallest absolute Gasteiger partial charge is 0.232 e. The van der Waals surface area contributed by atoms with Gasteiger partial charge in [-0.1, -0.05) is 12.1 Å². The van der Waals surface area contributed by atoms with Gasteiger partial charge in [0, 0.05) is 25.0 Å². The Hall–Kier alpha value is -1.55. The second-order valence-electron chi connectivity index (χ2n) is 7.26. The van der Waals surface area contributed by atoms with E-state index in [-0.39, 0.29) is 5.91 Å². The van der Waals surface area contributed by atoms with E-state index in [1.165, 1.54) is 6.42 Å². The standard InChI is InChI=1S/C18H26N2O2/c1-17(2,14-4-6-15(22-3)7-5-14)16(21)20-11-9-18(13-20)8-10-19-12-18/h4-7,19H,8-13H2,1-3H3. The number of amides is 1. The monoisotopic (exact) mass is 302 g/mol. The molecule has 2 aliphatic rings. The zero-order chi connectivity index (χ0) is 15.8. The first-order chi connectivity index (χ1) is 10.5. The highest BCUT2D eigenvalue weighted by molar-refractivity contribution is 5.87. The van der Waals surface area contributed by atoms with Crippen molar-refractivity contribution in [3.63, 3.8) is 0 Å². The lowest BCUT2D eigenvalue weighted by atomic mass is 9.83. The second-order valence-corrected chi connectivity index (χ2v) is 7.26. The van der Waals surface area contributed by atoms with Crippen molar-refractivity contribution in [1.29, 1.82) is 0 Å². The largest absolute Gasteiger partial charge is 0.497 e. The molecular weight excluding hydrogens is 276 g/mol. The number of methoxy groups -OCH3 is 1. The van der Waals surface area contributed by atoms with E-state index in [1.54, 1.807) is 7.11 Å². The van der Waals surface area contributed by atoms with Crippen LogP contribution in [0.4, 0.5) is 0 Å². The number of nitrogens with one attached hydrogen (secondary N) is 1. The summed E-state index contributed by atoms with van der Waals surface area (Å²) in [6.07, 6.45) is 2.32. The van der Waals surface area contributed by atoms with E-state index in [2.05, 4.69) is 10.2 Å². The van der Waals surface area contributed by atoms with Crippen molar-refractivity contribution < 1.29 is 9.53 Å². The molecule has 22 heavy (non-hydrogen) atoms.